The molecule has 0 aromatic rings. The number of nitrogens with zero attached hydrogens (tertiary/aromatic N) is 1. The lowest BCUT2D eigenvalue weighted by molar-refractivity contribution is -0.898. The standard InChI is InChI=1S/C10H23N2/c1-10(2,11)6-9-12(3)7-4-5-8-12/h4-9,11H2,1-3H3/q+1. The number of rotatable bonds is 3. The highest BCUT2D eigenvalue weighted by molar-refractivity contribution is 4.71. The van der Waals surface area contributed by atoms with Crippen LogP contribution < -0.4 is 5.73 Å². The minimum atomic E-state index is 0.0177. The molecule has 12 heavy (non-hydrogen) atoms. The molecule has 72 valence electrons. The number of hydrogen-bond donors (Lipinski definition) is 1. The van der Waals surface area contributed by atoms with Crippen LogP contribution in [0.3, 0.4) is 0 Å². The lowest BCUT2D eigenvalue weighted by Gasteiger charge is -2.32. The van der Waals surface area contributed by atoms with Gasteiger partial charge in [0.1, 0.15) is 0 Å². The van der Waals surface area contributed by atoms with E-state index in [1.54, 1.807) is 0 Å². The molecular weight excluding hydrogens is 148 g/mol. The summed E-state index contributed by atoms with van der Waals surface area (Å²) in [4.78, 5) is 0. The topological polar surface area (TPSA) is 26.0 Å². The van der Waals surface area contributed by atoms with E-state index in [0.29, 0.717) is 0 Å². The first kappa shape index (κ1) is 10.0. The number of quaternary nitrogens is 1. The van der Waals surface area contributed by atoms with Crippen molar-refractivity contribution < 1.29 is 4.48 Å². The molecule has 1 rings (SSSR count). The van der Waals surface area contributed by atoms with Gasteiger partial charge in [-0.15, -0.1) is 0 Å². The summed E-state index contributed by atoms with van der Waals surface area (Å²) in [5, 5.41) is 0. The van der Waals surface area contributed by atoms with E-state index in [2.05, 4.69) is 20.9 Å². The van der Waals surface area contributed by atoms with E-state index in [1.165, 1.54) is 37.0 Å². The van der Waals surface area contributed by atoms with Gasteiger partial charge in [0.25, 0.3) is 0 Å². The molecule has 1 saturated heterocycles. The van der Waals surface area contributed by atoms with Gasteiger partial charge >= 0.3 is 0 Å². The minimum Gasteiger partial charge on any atom is -0.326 e. The van der Waals surface area contributed by atoms with E-state index < -0.39 is 0 Å². The monoisotopic (exact) mass is 171 g/mol. The summed E-state index contributed by atoms with van der Waals surface area (Å²) in [6, 6.07) is 0. The third-order valence-corrected chi connectivity index (χ3v) is 2.94. The van der Waals surface area contributed by atoms with Gasteiger partial charge in [-0.3, -0.25) is 0 Å². The molecule has 1 aliphatic heterocycles. The molecule has 1 heterocycles. The van der Waals surface area contributed by atoms with Gasteiger partial charge in [0.15, 0.2) is 0 Å². The van der Waals surface area contributed by atoms with Gasteiger partial charge in [0, 0.05) is 24.8 Å². The van der Waals surface area contributed by atoms with Crippen LogP contribution in [0.15, 0.2) is 0 Å². The number of nitrogens with two attached hydrogens (primary N) is 1. The summed E-state index contributed by atoms with van der Waals surface area (Å²) in [7, 11) is 2.36. The van der Waals surface area contributed by atoms with Crippen molar-refractivity contribution in [3.8, 4) is 0 Å². The van der Waals surface area contributed by atoms with Crippen LogP contribution in [-0.2, 0) is 0 Å². The Hall–Kier alpha value is -0.0800. The van der Waals surface area contributed by atoms with E-state index in [0.717, 1.165) is 6.42 Å². The third-order valence-electron chi connectivity index (χ3n) is 2.94. The molecule has 0 aromatic carbocycles. The molecule has 0 aliphatic carbocycles. The highest BCUT2D eigenvalue weighted by atomic mass is 15.3. The lowest BCUT2D eigenvalue weighted by atomic mass is 10.0. The van der Waals surface area contributed by atoms with Gasteiger partial charge in [-0.25, -0.2) is 0 Å². The zero-order valence-corrected chi connectivity index (χ0v) is 8.77. The molecule has 0 radical (unpaired) electrons. The summed E-state index contributed by atoms with van der Waals surface area (Å²) in [6.45, 7) is 8.21. The molecule has 0 unspecified atom stereocenters. The molecule has 2 nitrogen and oxygen atoms in total. The molecule has 0 bridgehead atoms. The van der Waals surface area contributed by atoms with Crippen LogP contribution in [0.2, 0.25) is 0 Å². The second kappa shape index (κ2) is 3.35. The van der Waals surface area contributed by atoms with Crippen LogP contribution in [0.25, 0.3) is 0 Å². The van der Waals surface area contributed by atoms with Crippen molar-refractivity contribution in [1.82, 2.24) is 0 Å². The van der Waals surface area contributed by atoms with Crippen LogP contribution in [-0.4, -0.2) is 36.7 Å². The van der Waals surface area contributed by atoms with E-state index in [9.17, 15) is 0 Å². The van der Waals surface area contributed by atoms with Gasteiger partial charge in [0.05, 0.1) is 26.7 Å². The van der Waals surface area contributed by atoms with Crippen LogP contribution in [0.4, 0.5) is 0 Å². The zero-order valence-electron chi connectivity index (χ0n) is 8.77. The molecular formula is C10H23N2+. The fourth-order valence-corrected chi connectivity index (χ4v) is 1.88. The minimum absolute atomic E-state index is 0.0177. The van der Waals surface area contributed by atoms with Gasteiger partial charge in [0.2, 0.25) is 0 Å². The molecule has 1 fully saturated rings. The molecule has 0 saturated carbocycles. The predicted octanol–water partition coefficient (Wildman–Crippen LogP) is 1.35. The van der Waals surface area contributed by atoms with Crippen LogP contribution in [0, 0.1) is 0 Å². The molecule has 0 amide bonds. The van der Waals surface area contributed by atoms with Crippen molar-refractivity contribution in [3.63, 3.8) is 0 Å². The Morgan fingerprint density at radius 1 is 1.25 bits per heavy atom. The van der Waals surface area contributed by atoms with Crippen LogP contribution in [0.5, 0.6) is 0 Å². The summed E-state index contributed by atoms with van der Waals surface area (Å²) in [6.07, 6.45) is 3.95. The van der Waals surface area contributed by atoms with Gasteiger partial charge in [-0.05, 0) is 13.8 Å². The zero-order chi connectivity index (χ0) is 9.24. The normalized spacial score (nSPS) is 23.0. The maximum atomic E-state index is 5.96. The Morgan fingerprint density at radius 3 is 2.17 bits per heavy atom. The maximum Gasteiger partial charge on any atom is 0.0802 e. The smallest absolute Gasteiger partial charge is 0.0802 e. The fraction of sp³-hybridized carbons (Fsp3) is 1.00. The summed E-state index contributed by atoms with van der Waals surface area (Å²) >= 11 is 0. The molecule has 0 atom stereocenters. The Labute approximate surface area is 76.3 Å². The highest BCUT2D eigenvalue weighted by Gasteiger charge is 2.28. The van der Waals surface area contributed by atoms with Gasteiger partial charge in [-0.1, -0.05) is 0 Å². The van der Waals surface area contributed by atoms with Crippen molar-refractivity contribution in [2.24, 2.45) is 5.73 Å². The SMILES string of the molecule is CC(C)(N)CC[N+]1(C)CCCC1. The number of hydrogen-bond acceptors (Lipinski definition) is 1. The Bertz CT molecular complexity index is 140. The predicted molar refractivity (Wildman–Crippen MR) is 52.9 cm³/mol. The van der Waals surface area contributed by atoms with Crippen molar-refractivity contribution >= 4 is 0 Å². The molecule has 0 aromatic heterocycles. The van der Waals surface area contributed by atoms with Crippen molar-refractivity contribution in [3.05, 3.63) is 0 Å². The fourth-order valence-electron chi connectivity index (χ4n) is 1.88. The molecule has 1 aliphatic rings. The average Bonchev–Trinajstić information content (AvgIpc) is 2.32. The van der Waals surface area contributed by atoms with E-state index in [4.69, 9.17) is 5.73 Å². The van der Waals surface area contributed by atoms with Gasteiger partial charge in [-0.2, -0.15) is 0 Å². The summed E-state index contributed by atoms with van der Waals surface area (Å²) < 4.78 is 1.25. The Morgan fingerprint density at radius 2 is 1.75 bits per heavy atom. The first-order chi connectivity index (χ1) is 5.41. The lowest BCUT2D eigenvalue weighted by Crippen LogP contribution is -2.46. The van der Waals surface area contributed by atoms with Crippen molar-refractivity contribution in [1.29, 1.82) is 0 Å². The highest BCUT2D eigenvalue weighted by Crippen LogP contribution is 2.18. The summed E-state index contributed by atoms with van der Waals surface area (Å²) in [5.41, 5.74) is 5.98. The van der Waals surface area contributed by atoms with Crippen LogP contribution in [0.1, 0.15) is 33.1 Å². The first-order valence-corrected chi connectivity index (χ1v) is 5.04. The van der Waals surface area contributed by atoms with E-state index in [-0.39, 0.29) is 5.54 Å². The third kappa shape index (κ3) is 3.11. The second-order valence-corrected chi connectivity index (χ2v) is 5.24. The molecule has 0 spiro atoms. The van der Waals surface area contributed by atoms with Gasteiger partial charge < -0.3 is 10.2 Å². The molecule has 2 heteroatoms. The molecule has 2 N–H and O–H groups in total. The Kier molecular flexibility index (Phi) is 2.79. The number of likely N-dealkylation sites (tertiary alicyclic amines) is 1. The van der Waals surface area contributed by atoms with Crippen LogP contribution >= 0.6 is 0 Å². The first-order valence-electron chi connectivity index (χ1n) is 5.04. The van der Waals surface area contributed by atoms with Crippen molar-refractivity contribution in [2.75, 3.05) is 26.7 Å². The largest absolute Gasteiger partial charge is 0.326 e. The second-order valence-electron chi connectivity index (χ2n) is 5.24. The summed E-state index contributed by atoms with van der Waals surface area (Å²) in [5.74, 6) is 0. The van der Waals surface area contributed by atoms with E-state index in [1.807, 2.05) is 0 Å². The average molecular weight is 171 g/mol. The Balaban J connectivity index is 2.30. The van der Waals surface area contributed by atoms with Crippen molar-refractivity contribution in [2.45, 2.75) is 38.6 Å². The van der Waals surface area contributed by atoms with E-state index >= 15 is 0 Å². The maximum absolute atomic E-state index is 5.96. The quantitative estimate of drug-likeness (QED) is 0.637.